The number of ether oxygens (including phenoxy) is 1. The van der Waals surface area contributed by atoms with Crippen LogP contribution in [0.4, 0.5) is 0 Å². The number of halogens is 1. The maximum Gasteiger partial charge on any atom is 0.0896 e. The zero-order chi connectivity index (χ0) is 14.7. The van der Waals surface area contributed by atoms with Gasteiger partial charge in [-0.3, -0.25) is 4.90 Å². The Hall–Kier alpha value is -0.420. The lowest BCUT2D eigenvalue weighted by Gasteiger charge is -2.40. The highest BCUT2D eigenvalue weighted by atomic mass is 79.9. The van der Waals surface area contributed by atoms with Gasteiger partial charge < -0.3 is 10.1 Å². The molecule has 4 heteroatoms. The third-order valence-corrected chi connectivity index (χ3v) is 4.74. The van der Waals surface area contributed by atoms with Gasteiger partial charge in [-0.1, -0.05) is 41.9 Å². The van der Waals surface area contributed by atoms with Crippen molar-refractivity contribution in [1.29, 1.82) is 0 Å². The van der Waals surface area contributed by atoms with Gasteiger partial charge in [-0.15, -0.1) is 0 Å². The SMILES string of the molecule is Cc1cc(C2C(CNC(C)C)OCCN2C)ccc1Br. The van der Waals surface area contributed by atoms with Gasteiger partial charge in [0.1, 0.15) is 0 Å². The molecule has 1 aromatic rings. The van der Waals surface area contributed by atoms with Crippen molar-refractivity contribution in [2.24, 2.45) is 0 Å². The van der Waals surface area contributed by atoms with Crippen LogP contribution in [-0.4, -0.2) is 43.8 Å². The minimum absolute atomic E-state index is 0.205. The fourth-order valence-corrected chi connectivity index (χ4v) is 2.95. The first kappa shape index (κ1) is 16.0. The molecule has 2 unspecified atom stereocenters. The maximum atomic E-state index is 6.02. The van der Waals surface area contributed by atoms with E-state index in [1.165, 1.54) is 11.1 Å². The molecule has 2 atom stereocenters. The first-order valence-electron chi connectivity index (χ1n) is 7.30. The third kappa shape index (κ3) is 3.82. The molecule has 1 aliphatic rings. The lowest BCUT2D eigenvalue weighted by atomic mass is 9.97. The molecule has 1 fully saturated rings. The monoisotopic (exact) mass is 340 g/mol. The smallest absolute Gasteiger partial charge is 0.0896 e. The van der Waals surface area contributed by atoms with E-state index in [0.29, 0.717) is 12.1 Å². The molecule has 0 amide bonds. The normalized spacial score (nSPS) is 24.3. The number of benzene rings is 1. The predicted octanol–water partition coefficient (Wildman–Crippen LogP) is 3.13. The Morgan fingerprint density at radius 2 is 2.20 bits per heavy atom. The minimum atomic E-state index is 0.205. The number of morpholine rings is 1. The fraction of sp³-hybridized carbons (Fsp3) is 0.625. The highest BCUT2D eigenvalue weighted by Crippen LogP contribution is 2.30. The average molecular weight is 341 g/mol. The van der Waals surface area contributed by atoms with Crippen molar-refractivity contribution < 1.29 is 4.74 Å². The first-order chi connectivity index (χ1) is 9.49. The van der Waals surface area contributed by atoms with E-state index in [0.717, 1.165) is 24.2 Å². The summed E-state index contributed by atoms with van der Waals surface area (Å²) in [4.78, 5) is 2.40. The topological polar surface area (TPSA) is 24.5 Å². The number of nitrogens with one attached hydrogen (secondary N) is 1. The second-order valence-corrected chi connectivity index (χ2v) is 6.76. The van der Waals surface area contributed by atoms with Gasteiger partial charge in [-0.25, -0.2) is 0 Å². The largest absolute Gasteiger partial charge is 0.374 e. The Morgan fingerprint density at radius 1 is 1.45 bits per heavy atom. The van der Waals surface area contributed by atoms with Gasteiger partial charge in [-0.2, -0.15) is 0 Å². The summed E-state index contributed by atoms with van der Waals surface area (Å²) in [6, 6.07) is 7.41. The highest BCUT2D eigenvalue weighted by molar-refractivity contribution is 9.10. The van der Waals surface area contributed by atoms with E-state index >= 15 is 0 Å². The number of hydrogen-bond donors (Lipinski definition) is 1. The molecule has 1 heterocycles. The van der Waals surface area contributed by atoms with E-state index in [1.807, 2.05) is 0 Å². The molecule has 20 heavy (non-hydrogen) atoms. The van der Waals surface area contributed by atoms with E-state index in [2.05, 4.69) is 72.2 Å². The zero-order valence-electron chi connectivity index (χ0n) is 12.8. The molecule has 2 rings (SSSR count). The van der Waals surface area contributed by atoms with E-state index in [4.69, 9.17) is 4.74 Å². The Balaban J connectivity index is 2.20. The molecule has 1 aliphatic heterocycles. The van der Waals surface area contributed by atoms with Crippen LogP contribution in [0.15, 0.2) is 22.7 Å². The van der Waals surface area contributed by atoms with Crippen molar-refractivity contribution in [3.8, 4) is 0 Å². The zero-order valence-corrected chi connectivity index (χ0v) is 14.4. The van der Waals surface area contributed by atoms with E-state index in [1.54, 1.807) is 0 Å². The van der Waals surface area contributed by atoms with Crippen LogP contribution in [0.3, 0.4) is 0 Å². The average Bonchev–Trinajstić information content (AvgIpc) is 2.40. The fourth-order valence-electron chi connectivity index (χ4n) is 2.71. The van der Waals surface area contributed by atoms with Gasteiger partial charge in [0, 0.05) is 23.6 Å². The third-order valence-electron chi connectivity index (χ3n) is 3.85. The molecule has 1 aromatic carbocycles. The van der Waals surface area contributed by atoms with Crippen LogP contribution in [0.25, 0.3) is 0 Å². The standard InChI is InChI=1S/C16H25BrN2O/c1-11(2)18-10-15-16(19(4)7-8-20-15)13-5-6-14(17)12(3)9-13/h5-6,9,11,15-16,18H,7-8,10H2,1-4H3. The van der Waals surface area contributed by atoms with Gasteiger partial charge in [0.15, 0.2) is 0 Å². The molecule has 0 saturated carbocycles. The van der Waals surface area contributed by atoms with Crippen LogP contribution in [0.1, 0.15) is 31.0 Å². The second kappa shape index (κ2) is 7.03. The van der Waals surface area contributed by atoms with Gasteiger partial charge in [0.2, 0.25) is 0 Å². The predicted molar refractivity (Wildman–Crippen MR) is 87.1 cm³/mol. The molecule has 0 aliphatic carbocycles. The van der Waals surface area contributed by atoms with Crippen LogP contribution < -0.4 is 5.32 Å². The van der Waals surface area contributed by atoms with Crippen LogP contribution >= 0.6 is 15.9 Å². The second-order valence-electron chi connectivity index (χ2n) is 5.91. The summed E-state index contributed by atoms with van der Waals surface area (Å²) in [6.07, 6.45) is 0.205. The van der Waals surface area contributed by atoms with E-state index < -0.39 is 0 Å². The van der Waals surface area contributed by atoms with Gasteiger partial charge in [0.25, 0.3) is 0 Å². The summed E-state index contributed by atoms with van der Waals surface area (Å²) in [5.74, 6) is 0. The van der Waals surface area contributed by atoms with Gasteiger partial charge in [0.05, 0.1) is 18.8 Å². The summed E-state index contributed by atoms with van der Waals surface area (Å²) in [5, 5.41) is 3.50. The summed E-state index contributed by atoms with van der Waals surface area (Å²) in [6.45, 7) is 9.17. The first-order valence-corrected chi connectivity index (χ1v) is 8.09. The summed E-state index contributed by atoms with van der Waals surface area (Å²) < 4.78 is 7.18. The van der Waals surface area contributed by atoms with Gasteiger partial charge >= 0.3 is 0 Å². The Morgan fingerprint density at radius 3 is 2.85 bits per heavy atom. The number of aryl methyl sites for hydroxylation is 1. The number of hydrogen-bond acceptors (Lipinski definition) is 3. The molecule has 3 nitrogen and oxygen atoms in total. The molecule has 0 aromatic heterocycles. The van der Waals surface area contributed by atoms with E-state index in [9.17, 15) is 0 Å². The lowest BCUT2D eigenvalue weighted by Crippen LogP contribution is -2.48. The summed E-state index contributed by atoms with van der Waals surface area (Å²) >= 11 is 3.58. The van der Waals surface area contributed by atoms with Crippen molar-refractivity contribution in [1.82, 2.24) is 10.2 Å². The van der Waals surface area contributed by atoms with Crippen molar-refractivity contribution in [2.45, 2.75) is 39.0 Å². The maximum absolute atomic E-state index is 6.02. The molecule has 0 radical (unpaired) electrons. The van der Waals surface area contributed by atoms with Gasteiger partial charge in [-0.05, 0) is 31.2 Å². The molecule has 112 valence electrons. The quantitative estimate of drug-likeness (QED) is 0.911. The van der Waals surface area contributed by atoms with Crippen molar-refractivity contribution in [2.75, 3.05) is 26.7 Å². The van der Waals surface area contributed by atoms with Crippen molar-refractivity contribution >= 4 is 15.9 Å². The summed E-state index contributed by atoms with van der Waals surface area (Å²) in [7, 11) is 2.19. The number of rotatable bonds is 4. The molecule has 1 saturated heterocycles. The lowest BCUT2D eigenvalue weighted by molar-refractivity contribution is -0.0620. The molecule has 0 spiro atoms. The minimum Gasteiger partial charge on any atom is -0.374 e. The molecular weight excluding hydrogens is 316 g/mol. The Kier molecular flexibility index (Phi) is 5.61. The van der Waals surface area contributed by atoms with Crippen LogP contribution in [-0.2, 0) is 4.74 Å². The Bertz CT molecular complexity index is 450. The van der Waals surface area contributed by atoms with E-state index in [-0.39, 0.29) is 6.10 Å². The molecule has 1 N–H and O–H groups in total. The van der Waals surface area contributed by atoms with Crippen molar-refractivity contribution in [3.05, 3.63) is 33.8 Å². The number of nitrogens with zero attached hydrogens (tertiary/aromatic N) is 1. The molecular formula is C16H25BrN2O. The van der Waals surface area contributed by atoms with Crippen LogP contribution in [0.5, 0.6) is 0 Å². The van der Waals surface area contributed by atoms with Crippen molar-refractivity contribution in [3.63, 3.8) is 0 Å². The van der Waals surface area contributed by atoms with Crippen LogP contribution in [0, 0.1) is 6.92 Å². The highest BCUT2D eigenvalue weighted by Gasteiger charge is 2.31. The number of likely N-dealkylation sites (N-methyl/N-ethyl adjacent to an activating group) is 1. The van der Waals surface area contributed by atoms with Crippen LogP contribution in [0.2, 0.25) is 0 Å². The Labute approximate surface area is 130 Å². The molecule has 0 bridgehead atoms. The summed E-state index contributed by atoms with van der Waals surface area (Å²) in [5.41, 5.74) is 2.61.